The summed E-state index contributed by atoms with van der Waals surface area (Å²) >= 11 is 0. The van der Waals surface area contributed by atoms with Gasteiger partial charge < -0.3 is 15.2 Å². The van der Waals surface area contributed by atoms with Gasteiger partial charge in [0.05, 0.1) is 19.9 Å². The molecule has 0 saturated heterocycles. The molecule has 6 heteroatoms. The van der Waals surface area contributed by atoms with E-state index in [0.29, 0.717) is 29.4 Å². The van der Waals surface area contributed by atoms with Crippen LogP contribution in [0.5, 0.6) is 11.5 Å². The number of unbranched alkanes of at least 4 members (excludes halogenated alkanes) is 2. The topological polar surface area (TPSA) is 85.9 Å². The first kappa shape index (κ1) is 19.3. The van der Waals surface area contributed by atoms with Crippen molar-refractivity contribution in [3.63, 3.8) is 0 Å². The molecule has 3 N–H and O–H groups in total. The first-order valence-electron chi connectivity index (χ1n) is 8.63. The number of amides is 1. The Labute approximate surface area is 154 Å². The van der Waals surface area contributed by atoms with Gasteiger partial charge in [0.2, 0.25) is 0 Å². The number of hydrogen-bond donors (Lipinski definition) is 2. The summed E-state index contributed by atoms with van der Waals surface area (Å²) in [6, 6.07) is 12.2. The van der Waals surface area contributed by atoms with Gasteiger partial charge in [0, 0.05) is 11.3 Å². The van der Waals surface area contributed by atoms with E-state index in [-0.39, 0.29) is 5.91 Å². The van der Waals surface area contributed by atoms with Gasteiger partial charge in [0.25, 0.3) is 5.91 Å². The number of hydrogen-bond acceptors (Lipinski definition) is 5. The van der Waals surface area contributed by atoms with Crippen LogP contribution in [0.2, 0.25) is 0 Å². The molecule has 0 bridgehead atoms. The Kier molecular flexibility index (Phi) is 7.49. The molecule has 0 aliphatic rings. The number of benzene rings is 2. The molecular formula is C20H25N3O3. The zero-order valence-corrected chi connectivity index (χ0v) is 15.2. The van der Waals surface area contributed by atoms with Crippen molar-refractivity contribution in [2.45, 2.75) is 26.2 Å². The average Bonchev–Trinajstić information content (AvgIpc) is 2.65. The van der Waals surface area contributed by atoms with Crippen molar-refractivity contribution >= 4 is 17.8 Å². The summed E-state index contributed by atoms with van der Waals surface area (Å²) in [7, 11) is 1.59. The molecule has 0 spiro atoms. The van der Waals surface area contributed by atoms with Crippen LogP contribution >= 0.6 is 0 Å². The minimum Gasteiger partial charge on any atom is -0.493 e. The minimum atomic E-state index is -0.323. The number of carbonyl (C=O) groups excluding carboxylic acids is 1. The average molecular weight is 355 g/mol. The highest BCUT2D eigenvalue weighted by atomic mass is 16.5. The highest BCUT2D eigenvalue weighted by molar-refractivity contribution is 5.95. The predicted octanol–water partition coefficient (Wildman–Crippen LogP) is 3.61. The van der Waals surface area contributed by atoms with Gasteiger partial charge in [-0.15, -0.1) is 0 Å². The summed E-state index contributed by atoms with van der Waals surface area (Å²) < 4.78 is 11.1. The zero-order chi connectivity index (χ0) is 18.8. The number of rotatable bonds is 9. The van der Waals surface area contributed by atoms with Crippen molar-refractivity contribution in [1.29, 1.82) is 0 Å². The largest absolute Gasteiger partial charge is 0.493 e. The lowest BCUT2D eigenvalue weighted by Gasteiger charge is -2.11. The fourth-order valence-electron chi connectivity index (χ4n) is 2.33. The third-order valence-corrected chi connectivity index (χ3v) is 3.72. The molecule has 0 aliphatic heterocycles. The molecule has 0 aromatic heterocycles. The lowest BCUT2D eigenvalue weighted by molar-refractivity contribution is 0.0955. The lowest BCUT2D eigenvalue weighted by Crippen LogP contribution is -2.17. The van der Waals surface area contributed by atoms with E-state index in [0.717, 1.165) is 24.8 Å². The van der Waals surface area contributed by atoms with E-state index in [1.54, 1.807) is 37.6 Å². The van der Waals surface area contributed by atoms with E-state index < -0.39 is 0 Å². The van der Waals surface area contributed by atoms with Crippen LogP contribution in [0.1, 0.15) is 42.1 Å². The van der Waals surface area contributed by atoms with Gasteiger partial charge in [-0.25, -0.2) is 5.43 Å². The summed E-state index contributed by atoms with van der Waals surface area (Å²) in [5.41, 5.74) is 9.92. The molecule has 0 radical (unpaired) electrons. The SMILES string of the molecule is CCCCCOc1ccc(/C=N\NC(=O)c2cccc(N)c2)cc1OC. The molecule has 0 saturated carbocycles. The Bertz CT molecular complexity index is 760. The van der Waals surface area contributed by atoms with E-state index in [2.05, 4.69) is 17.5 Å². The summed E-state index contributed by atoms with van der Waals surface area (Å²) in [6.07, 6.45) is 4.85. The standard InChI is InChI=1S/C20H25N3O3/c1-3-4-5-11-26-18-10-9-15(12-19(18)25-2)14-22-23-20(24)16-7-6-8-17(21)13-16/h6-10,12-14H,3-5,11,21H2,1-2H3,(H,23,24)/b22-14-. The maximum atomic E-state index is 12.0. The second-order valence-electron chi connectivity index (χ2n) is 5.79. The van der Waals surface area contributed by atoms with Gasteiger partial charge in [-0.2, -0.15) is 5.10 Å². The third-order valence-electron chi connectivity index (χ3n) is 3.72. The second-order valence-corrected chi connectivity index (χ2v) is 5.79. The van der Waals surface area contributed by atoms with Gasteiger partial charge in [-0.05, 0) is 48.4 Å². The first-order chi connectivity index (χ1) is 12.6. The molecule has 1 amide bonds. The Morgan fingerprint density at radius 2 is 2.04 bits per heavy atom. The van der Waals surface area contributed by atoms with E-state index >= 15 is 0 Å². The van der Waals surface area contributed by atoms with E-state index in [1.807, 2.05) is 18.2 Å². The van der Waals surface area contributed by atoms with E-state index in [1.165, 1.54) is 0 Å². The summed E-state index contributed by atoms with van der Waals surface area (Å²) in [5, 5.41) is 3.98. The van der Waals surface area contributed by atoms with Crippen molar-refractivity contribution in [2.24, 2.45) is 5.10 Å². The van der Waals surface area contributed by atoms with Crippen molar-refractivity contribution in [2.75, 3.05) is 19.5 Å². The molecule has 138 valence electrons. The van der Waals surface area contributed by atoms with Crippen molar-refractivity contribution < 1.29 is 14.3 Å². The van der Waals surface area contributed by atoms with Crippen LogP contribution in [0.15, 0.2) is 47.6 Å². The fourth-order valence-corrected chi connectivity index (χ4v) is 2.33. The normalized spacial score (nSPS) is 10.7. The van der Waals surface area contributed by atoms with Crippen LogP contribution in [0.3, 0.4) is 0 Å². The molecule has 0 heterocycles. The Morgan fingerprint density at radius 3 is 2.77 bits per heavy atom. The zero-order valence-electron chi connectivity index (χ0n) is 15.2. The number of nitrogens with one attached hydrogen (secondary N) is 1. The molecule has 0 fully saturated rings. The van der Waals surface area contributed by atoms with Crippen LogP contribution in [0, 0.1) is 0 Å². The molecule has 0 atom stereocenters. The number of nitrogens with zero attached hydrogens (tertiary/aromatic N) is 1. The minimum absolute atomic E-state index is 0.323. The van der Waals surface area contributed by atoms with Crippen LogP contribution in [-0.2, 0) is 0 Å². The maximum absolute atomic E-state index is 12.0. The Balaban J connectivity index is 1.96. The molecular weight excluding hydrogens is 330 g/mol. The van der Waals surface area contributed by atoms with Crippen LogP contribution in [0.25, 0.3) is 0 Å². The molecule has 2 rings (SSSR count). The van der Waals surface area contributed by atoms with Crippen LogP contribution < -0.4 is 20.6 Å². The maximum Gasteiger partial charge on any atom is 0.271 e. The van der Waals surface area contributed by atoms with Crippen LogP contribution in [-0.4, -0.2) is 25.8 Å². The monoisotopic (exact) mass is 355 g/mol. The number of carbonyl (C=O) groups is 1. The van der Waals surface area contributed by atoms with E-state index in [9.17, 15) is 4.79 Å². The Morgan fingerprint density at radius 1 is 1.19 bits per heavy atom. The van der Waals surface area contributed by atoms with Crippen LogP contribution in [0.4, 0.5) is 5.69 Å². The number of nitrogens with two attached hydrogens (primary N) is 1. The molecule has 26 heavy (non-hydrogen) atoms. The summed E-state index contributed by atoms with van der Waals surface area (Å²) in [4.78, 5) is 12.0. The number of ether oxygens (including phenoxy) is 2. The second kappa shape index (κ2) is 10.1. The number of nitrogen functional groups attached to an aromatic ring is 1. The highest BCUT2D eigenvalue weighted by Crippen LogP contribution is 2.27. The smallest absolute Gasteiger partial charge is 0.271 e. The summed E-state index contributed by atoms with van der Waals surface area (Å²) in [5.74, 6) is 1.01. The highest BCUT2D eigenvalue weighted by Gasteiger charge is 2.06. The predicted molar refractivity (Wildman–Crippen MR) is 104 cm³/mol. The molecule has 2 aromatic rings. The number of hydrazone groups is 1. The van der Waals surface area contributed by atoms with Gasteiger partial charge in [0.1, 0.15) is 0 Å². The van der Waals surface area contributed by atoms with E-state index in [4.69, 9.17) is 15.2 Å². The molecule has 0 aliphatic carbocycles. The quantitative estimate of drug-likeness (QED) is 0.311. The third kappa shape index (κ3) is 5.81. The van der Waals surface area contributed by atoms with Crippen molar-refractivity contribution in [1.82, 2.24) is 5.43 Å². The fraction of sp³-hybridized carbons (Fsp3) is 0.300. The molecule has 6 nitrogen and oxygen atoms in total. The first-order valence-corrected chi connectivity index (χ1v) is 8.63. The van der Waals surface area contributed by atoms with Crippen molar-refractivity contribution in [3.8, 4) is 11.5 Å². The van der Waals surface area contributed by atoms with Gasteiger partial charge >= 0.3 is 0 Å². The van der Waals surface area contributed by atoms with Crippen molar-refractivity contribution in [3.05, 3.63) is 53.6 Å². The van der Waals surface area contributed by atoms with Gasteiger partial charge in [-0.3, -0.25) is 4.79 Å². The lowest BCUT2D eigenvalue weighted by atomic mass is 10.2. The van der Waals surface area contributed by atoms with Gasteiger partial charge in [-0.1, -0.05) is 25.8 Å². The Hall–Kier alpha value is -3.02. The molecule has 2 aromatic carbocycles. The van der Waals surface area contributed by atoms with Gasteiger partial charge in [0.15, 0.2) is 11.5 Å². The number of methoxy groups -OCH3 is 1. The molecule has 0 unspecified atom stereocenters. The summed E-state index contributed by atoms with van der Waals surface area (Å²) in [6.45, 7) is 2.81. The number of anilines is 1.